The molecule has 2 heteroatoms. The first-order valence-electron chi connectivity index (χ1n) is 21.9. The molecule has 12 rings (SSSR count). The van der Waals surface area contributed by atoms with Crippen molar-refractivity contribution in [3.63, 3.8) is 0 Å². The molecule has 63 heavy (non-hydrogen) atoms. The molecule has 0 atom stereocenters. The molecular weight excluding hydrogens is 761 g/mol. The summed E-state index contributed by atoms with van der Waals surface area (Å²) >= 11 is 0. The molecule has 0 amide bonds. The van der Waals surface area contributed by atoms with Crippen molar-refractivity contribution in [2.75, 3.05) is 4.90 Å². The summed E-state index contributed by atoms with van der Waals surface area (Å²) in [6.07, 6.45) is 0. The van der Waals surface area contributed by atoms with Crippen molar-refractivity contribution in [3.05, 3.63) is 242 Å². The van der Waals surface area contributed by atoms with E-state index in [0.717, 1.165) is 22.7 Å². The van der Waals surface area contributed by atoms with E-state index >= 15 is 0 Å². The Morgan fingerprint density at radius 3 is 1.65 bits per heavy atom. The zero-order chi connectivity index (χ0) is 42.1. The molecule has 0 fully saturated rings. The fourth-order valence-electron chi connectivity index (χ4n) is 10.5. The van der Waals surface area contributed by atoms with Gasteiger partial charge in [0.05, 0.1) is 16.7 Å². The van der Waals surface area contributed by atoms with Crippen LogP contribution in [0.2, 0.25) is 0 Å². The Hall–Kier alpha value is -7.94. The number of nitrogens with zero attached hydrogens (tertiary/aromatic N) is 2. The molecule has 1 aromatic heterocycles. The van der Waals surface area contributed by atoms with Gasteiger partial charge < -0.3 is 9.47 Å². The van der Waals surface area contributed by atoms with Gasteiger partial charge in [-0.05, 0) is 109 Å². The van der Waals surface area contributed by atoms with Crippen LogP contribution in [-0.2, 0) is 5.41 Å². The molecule has 0 saturated carbocycles. The number of aromatic nitrogens is 1. The number of anilines is 3. The fourth-order valence-corrected chi connectivity index (χ4v) is 10.5. The van der Waals surface area contributed by atoms with E-state index in [9.17, 15) is 0 Å². The smallest absolute Gasteiger partial charge is 0.0541 e. The lowest BCUT2D eigenvalue weighted by molar-refractivity contribution is 0.660. The van der Waals surface area contributed by atoms with Gasteiger partial charge in [0, 0.05) is 38.8 Å². The third-order valence-corrected chi connectivity index (χ3v) is 13.4. The molecule has 1 aliphatic carbocycles. The van der Waals surface area contributed by atoms with Gasteiger partial charge in [-0.2, -0.15) is 0 Å². The Morgan fingerprint density at radius 2 is 0.921 bits per heavy atom. The second kappa shape index (κ2) is 14.6. The molecule has 0 spiro atoms. The third kappa shape index (κ3) is 5.86. The van der Waals surface area contributed by atoms with E-state index in [1.54, 1.807) is 0 Å². The summed E-state index contributed by atoms with van der Waals surface area (Å²) in [7, 11) is 0. The van der Waals surface area contributed by atoms with E-state index in [2.05, 4.69) is 254 Å². The van der Waals surface area contributed by atoms with E-state index in [1.165, 1.54) is 88.2 Å². The summed E-state index contributed by atoms with van der Waals surface area (Å²) < 4.78 is 2.41. The standard InChI is InChI=1S/C61H44N2/c1-61(2)54-31-10-6-27-53(54)60-52(30-17-32-55(60)61)51-26-9-11-33-56(51)62(45-22-16-23-46(40-45)63-57-34-12-7-24-49(57)50-25-8-13-35-58(50)63)44-38-36-42(37-39-44)48-29-15-21-43-20-14-28-47(59(43)48)41-18-4-3-5-19-41/h3-40H,1-2H3. The van der Waals surface area contributed by atoms with Gasteiger partial charge in [0.15, 0.2) is 0 Å². The normalized spacial score (nSPS) is 12.7. The van der Waals surface area contributed by atoms with Crippen LogP contribution >= 0.6 is 0 Å². The van der Waals surface area contributed by atoms with Crippen molar-refractivity contribution in [1.82, 2.24) is 4.57 Å². The maximum Gasteiger partial charge on any atom is 0.0541 e. The highest BCUT2D eigenvalue weighted by Crippen LogP contribution is 2.54. The summed E-state index contributed by atoms with van der Waals surface area (Å²) in [6.45, 7) is 4.72. The fraction of sp³-hybridized carbons (Fsp3) is 0.0492. The number of hydrogen-bond donors (Lipinski definition) is 0. The van der Waals surface area contributed by atoms with Crippen molar-refractivity contribution >= 4 is 49.6 Å². The largest absolute Gasteiger partial charge is 0.310 e. The Kier molecular flexibility index (Phi) is 8.55. The molecule has 0 bridgehead atoms. The zero-order valence-corrected chi connectivity index (χ0v) is 35.3. The molecule has 0 saturated heterocycles. The molecule has 0 aliphatic heterocycles. The first-order valence-corrected chi connectivity index (χ1v) is 21.9. The summed E-state index contributed by atoms with van der Waals surface area (Å²) in [5, 5.41) is 5.00. The summed E-state index contributed by atoms with van der Waals surface area (Å²) in [5.74, 6) is 0. The van der Waals surface area contributed by atoms with Gasteiger partial charge in [-0.25, -0.2) is 0 Å². The molecule has 11 aromatic rings. The van der Waals surface area contributed by atoms with Crippen molar-refractivity contribution in [1.29, 1.82) is 0 Å². The highest BCUT2D eigenvalue weighted by Gasteiger charge is 2.37. The van der Waals surface area contributed by atoms with Crippen LogP contribution in [0.4, 0.5) is 17.1 Å². The van der Waals surface area contributed by atoms with Gasteiger partial charge in [-0.1, -0.05) is 196 Å². The van der Waals surface area contributed by atoms with Crippen LogP contribution in [0.15, 0.2) is 231 Å². The molecule has 298 valence electrons. The predicted octanol–water partition coefficient (Wildman–Crippen LogP) is 16.7. The quantitative estimate of drug-likeness (QED) is 0.156. The average molecular weight is 805 g/mol. The monoisotopic (exact) mass is 804 g/mol. The lowest BCUT2D eigenvalue weighted by Crippen LogP contribution is -2.15. The SMILES string of the molecule is CC1(C)c2ccccc2-c2c(-c3ccccc3N(c3ccc(-c4cccc5cccc(-c6ccccc6)c45)cc3)c3cccc(-n4c5ccccc5c5ccccc54)c3)cccc21. The van der Waals surface area contributed by atoms with Crippen LogP contribution in [-0.4, -0.2) is 4.57 Å². The minimum Gasteiger partial charge on any atom is -0.310 e. The van der Waals surface area contributed by atoms with Crippen molar-refractivity contribution in [2.45, 2.75) is 19.3 Å². The Labute approximate surface area is 368 Å². The average Bonchev–Trinajstić information content (AvgIpc) is 3.80. The molecule has 10 aromatic carbocycles. The highest BCUT2D eigenvalue weighted by molar-refractivity contribution is 6.10. The van der Waals surface area contributed by atoms with Crippen LogP contribution in [0.25, 0.3) is 82.8 Å². The van der Waals surface area contributed by atoms with Gasteiger partial charge >= 0.3 is 0 Å². The van der Waals surface area contributed by atoms with Gasteiger partial charge in [-0.15, -0.1) is 0 Å². The maximum absolute atomic E-state index is 2.46. The lowest BCUT2D eigenvalue weighted by Gasteiger charge is -2.29. The number of fused-ring (bicyclic) bond motifs is 7. The molecule has 2 nitrogen and oxygen atoms in total. The van der Waals surface area contributed by atoms with Crippen LogP contribution in [0, 0.1) is 0 Å². The lowest BCUT2D eigenvalue weighted by atomic mass is 9.82. The predicted molar refractivity (Wildman–Crippen MR) is 267 cm³/mol. The van der Waals surface area contributed by atoms with E-state index in [1.807, 2.05) is 0 Å². The molecule has 1 heterocycles. The Balaban J connectivity index is 1.07. The second-order valence-electron chi connectivity index (χ2n) is 17.3. The van der Waals surface area contributed by atoms with E-state index in [4.69, 9.17) is 0 Å². The van der Waals surface area contributed by atoms with Gasteiger partial charge in [0.2, 0.25) is 0 Å². The Morgan fingerprint density at radius 1 is 0.381 bits per heavy atom. The molecular formula is C61H44N2. The van der Waals surface area contributed by atoms with Gasteiger partial charge in [0.25, 0.3) is 0 Å². The second-order valence-corrected chi connectivity index (χ2v) is 17.3. The summed E-state index contributed by atoms with van der Waals surface area (Å²) in [6, 6.07) is 84.6. The number of benzene rings is 10. The van der Waals surface area contributed by atoms with Crippen LogP contribution in [0.3, 0.4) is 0 Å². The number of para-hydroxylation sites is 3. The van der Waals surface area contributed by atoms with Crippen LogP contribution in [0.5, 0.6) is 0 Å². The number of hydrogen-bond acceptors (Lipinski definition) is 1. The van der Waals surface area contributed by atoms with Crippen molar-refractivity contribution in [2.24, 2.45) is 0 Å². The topological polar surface area (TPSA) is 8.17 Å². The van der Waals surface area contributed by atoms with E-state index in [0.29, 0.717) is 0 Å². The minimum atomic E-state index is -0.106. The van der Waals surface area contributed by atoms with Crippen LogP contribution < -0.4 is 4.90 Å². The van der Waals surface area contributed by atoms with E-state index < -0.39 is 0 Å². The van der Waals surface area contributed by atoms with Crippen LogP contribution in [0.1, 0.15) is 25.0 Å². The summed E-state index contributed by atoms with van der Waals surface area (Å²) in [4.78, 5) is 2.46. The third-order valence-electron chi connectivity index (χ3n) is 13.4. The Bertz CT molecular complexity index is 3480. The molecule has 1 aliphatic rings. The van der Waals surface area contributed by atoms with Crippen molar-refractivity contribution < 1.29 is 0 Å². The van der Waals surface area contributed by atoms with E-state index in [-0.39, 0.29) is 5.41 Å². The summed E-state index contributed by atoms with van der Waals surface area (Å²) in [5.41, 5.74) is 19.4. The first kappa shape index (κ1) is 36.9. The number of rotatable bonds is 7. The highest BCUT2D eigenvalue weighted by atomic mass is 15.1. The molecule has 0 N–H and O–H groups in total. The van der Waals surface area contributed by atoms with Gasteiger partial charge in [-0.3, -0.25) is 0 Å². The first-order chi connectivity index (χ1) is 31.0. The zero-order valence-electron chi connectivity index (χ0n) is 35.3. The molecule has 0 radical (unpaired) electrons. The van der Waals surface area contributed by atoms with Gasteiger partial charge in [0.1, 0.15) is 0 Å². The minimum absolute atomic E-state index is 0.106. The molecule has 0 unspecified atom stereocenters. The van der Waals surface area contributed by atoms with Crippen molar-refractivity contribution in [3.8, 4) is 50.2 Å². The maximum atomic E-state index is 2.46.